The highest BCUT2D eigenvalue weighted by molar-refractivity contribution is 7.89. The zero-order chi connectivity index (χ0) is 17.3. The Bertz CT molecular complexity index is 904. The Balaban J connectivity index is 1.68. The molecule has 1 aliphatic rings. The molecule has 24 heavy (non-hydrogen) atoms. The van der Waals surface area contributed by atoms with Crippen LogP contribution in [-0.4, -0.2) is 20.9 Å². The first kappa shape index (κ1) is 16.7. The molecule has 6 heteroatoms. The monoisotopic (exact) mass is 344 g/mol. The van der Waals surface area contributed by atoms with E-state index in [2.05, 4.69) is 16.1 Å². The molecule has 1 heterocycles. The van der Waals surface area contributed by atoms with E-state index in [0.717, 1.165) is 16.7 Å². The number of carbonyl (C=O) groups is 1. The van der Waals surface area contributed by atoms with Crippen molar-refractivity contribution in [1.82, 2.24) is 4.72 Å². The van der Waals surface area contributed by atoms with E-state index in [0.29, 0.717) is 18.7 Å². The second-order valence-corrected chi connectivity index (χ2v) is 7.89. The summed E-state index contributed by atoms with van der Waals surface area (Å²) in [6, 6.07) is 10.9. The van der Waals surface area contributed by atoms with Gasteiger partial charge in [-0.15, -0.1) is 0 Å². The predicted molar refractivity (Wildman–Crippen MR) is 93.6 cm³/mol. The summed E-state index contributed by atoms with van der Waals surface area (Å²) in [5.74, 6) is -0.109. The van der Waals surface area contributed by atoms with Gasteiger partial charge in [0.15, 0.2) is 0 Å². The number of carbonyl (C=O) groups excluding carboxylic acids is 1. The maximum Gasteiger partial charge on any atom is 0.240 e. The summed E-state index contributed by atoms with van der Waals surface area (Å²) >= 11 is 0. The molecule has 0 aliphatic carbocycles. The van der Waals surface area contributed by atoms with Crippen LogP contribution < -0.4 is 10.0 Å². The second-order valence-electron chi connectivity index (χ2n) is 6.12. The van der Waals surface area contributed by atoms with Gasteiger partial charge in [0.2, 0.25) is 15.9 Å². The summed E-state index contributed by atoms with van der Waals surface area (Å²) < 4.78 is 27.5. The molecule has 0 saturated heterocycles. The summed E-state index contributed by atoms with van der Waals surface area (Å²) in [5.41, 5.74) is 4.90. The van der Waals surface area contributed by atoms with Crippen molar-refractivity contribution in [3.63, 3.8) is 0 Å². The van der Waals surface area contributed by atoms with Crippen molar-refractivity contribution < 1.29 is 13.2 Å². The Kier molecular flexibility index (Phi) is 4.43. The molecule has 3 rings (SSSR count). The molecule has 2 aromatic rings. The van der Waals surface area contributed by atoms with Crippen molar-refractivity contribution in [2.75, 3.05) is 11.9 Å². The largest absolute Gasteiger partial charge is 0.326 e. The maximum absolute atomic E-state index is 12.4. The van der Waals surface area contributed by atoms with Gasteiger partial charge in [0.05, 0.1) is 11.3 Å². The number of hydrogen-bond acceptors (Lipinski definition) is 3. The Morgan fingerprint density at radius 2 is 1.92 bits per heavy atom. The fourth-order valence-corrected chi connectivity index (χ4v) is 3.98. The Morgan fingerprint density at radius 3 is 2.67 bits per heavy atom. The van der Waals surface area contributed by atoms with Crippen LogP contribution in [0.5, 0.6) is 0 Å². The Morgan fingerprint density at radius 1 is 1.12 bits per heavy atom. The third-order valence-electron chi connectivity index (χ3n) is 4.20. The lowest BCUT2D eigenvalue weighted by Crippen LogP contribution is -2.26. The first-order chi connectivity index (χ1) is 11.3. The van der Waals surface area contributed by atoms with Gasteiger partial charge in [0, 0.05) is 12.2 Å². The van der Waals surface area contributed by atoms with Crippen LogP contribution in [0.4, 0.5) is 5.69 Å². The number of anilines is 1. The number of nitrogens with one attached hydrogen (secondary N) is 2. The number of hydrogen-bond donors (Lipinski definition) is 2. The van der Waals surface area contributed by atoms with Crippen LogP contribution in [0.3, 0.4) is 0 Å². The van der Waals surface area contributed by atoms with Crippen LogP contribution in [0.1, 0.15) is 22.3 Å². The van der Waals surface area contributed by atoms with E-state index in [1.165, 1.54) is 11.6 Å². The van der Waals surface area contributed by atoms with Crippen molar-refractivity contribution in [2.24, 2.45) is 0 Å². The van der Waals surface area contributed by atoms with Gasteiger partial charge >= 0.3 is 0 Å². The van der Waals surface area contributed by atoms with Gasteiger partial charge in [-0.05, 0) is 55.2 Å². The summed E-state index contributed by atoms with van der Waals surface area (Å²) in [7, 11) is -3.58. The van der Waals surface area contributed by atoms with Crippen molar-refractivity contribution in [1.29, 1.82) is 0 Å². The molecule has 0 aromatic heterocycles. The van der Waals surface area contributed by atoms with Crippen LogP contribution in [0, 0.1) is 13.8 Å². The third-order valence-corrected chi connectivity index (χ3v) is 5.66. The number of benzene rings is 2. The van der Waals surface area contributed by atoms with Gasteiger partial charge < -0.3 is 5.32 Å². The minimum absolute atomic E-state index is 0.109. The topological polar surface area (TPSA) is 75.3 Å². The van der Waals surface area contributed by atoms with E-state index in [1.54, 1.807) is 12.1 Å². The van der Waals surface area contributed by atoms with Crippen molar-refractivity contribution in [3.8, 4) is 0 Å². The lowest BCUT2D eigenvalue weighted by Gasteiger charge is -2.10. The minimum atomic E-state index is -3.58. The van der Waals surface area contributed by atoms with E-state index < -0.39 is 10.0 Å². The summed E-state index contributed by atoms with van der Waals surface area (Å²) in [5, 5.41) is 2.70. The number of rotatable bonds is 5. The lowest BCUT2D eigenvalue weighted by molar-refractivity contribution is -0.115. The van der Waals surface area contributed by atoms with Crippen molar-refractivity contribution >= 4 is 21.6 Å². The SMILES string of the molecule is Cc1ccc(CCNS(=O)(=O)c2ccc3c(c2)CC(=O)N3)c(C)c1. The average molecular weight is 344 g/mol. The lowest BCUT2D eigenvalue weighted by atomic mass is 10.0. The molecule has 2 aromatic carbocycles. The normalized spacial score (nSPS) is 13.7. The van der Waals surface area contributed by atoms with E-state index in [-0.39, 0.29) is 17.2 Å². The molecule has 0 fully saturated rings. The number of amides is 1. The van der Waals surface area contributed by atoms with E-state index in [1.807, 2.05) is 26.0 Å². The quantitative estimate of drug-likeness (QED) is 0.874. The fourth-order valence-electron chi connectivity index (χ4n) is 2.90. The smallest absolute Gasteiger partial charge is 0.240 e. The van der Waals surface area contributed by atoms with Gasteiger partial charge in [0.1, 0.15) is 0 Å². The van der Waals surface area contributed by atoms with Gasteiger partial charge in [-0.3, -0.25) is 4.79 Å². The van der Waals surface area contributed by atoms with Crippen LogP contribution in [0.25, 0.3) is 0 Å². The molecule has 0 radical (unpaired) electrons. The van der Waals surface area contributed by atoms with Gasteiger partial charge in [-0.1, -0.05) is 23.8 Å². The summed E-state index contributed by atoms with van der Waals surface area (Å²) in [6.07, 6.45) is 0.859. The van der Waals surface area contributed by atoms with Gasteiger partial charge in [-0.2, -0.15) is 0 Å². The number of fused-ring (bicyclic) bond motifs is 1. The molecule has 1 amide bonds. The highest BCUT2D eigenvalue weighted by Crippen LogP contribution is 2.25. The number of aryl methyl sites for hydroxylation is 2. The van der Waals surface area contributed by atoms with Crippen LogP contribution >= 0.6 is 0 Å². The fraction of sp³-hybridized carbons (Fsp3) is 0.278. The van der Waals surface area contributed by atoms with Crippen LogP contribution in [0.15, 0.2) is 41.3 Å². The van der Waals surface area contributed by atoms with Gasteiger partial charge in [0.25, 0.3) is 0 Å². The molecule has 0 bridgehead atoms. The highest BCUT2D eigenvalue weighted by atomic mass is 32.2. The number of sulfonamides is 1. The molecule has 1 aliphatic heterocycles. The van der Waals surface area contributed by atoms with Gasteiger partial charge in [-0.25, -0.2) is 13.1 Å². The summed E-state index contributed by atoms with van der Waals surface area (Å²) in [4.78, 5) is 11.6. The van der Waals surface area contributed by atoms with E-state index in [9.17, 15) is 13.2 Å². The minimum Gasteiger partial charge on any atom is -0.326 e. The standard InChI is InChI=1S/C18H20N2O3S/c1-12-3-4-14(13(2)9-12)7-8-19-24(22,23)16-5-6-17-15(10-16)11-18(21)20-17/h3-6,9-10,19H,7-8,11H2,1-2H3,(H,20,21). The van der Waals surface area contributed by atoms with Crippen LogP contribution in [-0.2, 0) is 27.7 Å². The molecule has 2 N–H and O–H groups in total. The van der Waals surface area contributed by atoms with E-state index in [4.69, 9.17) is 0 Å². The molecular weight excluding hydrogens is 324 g/mol. The zero-order valence-electron chi connectivity index (χ0n) is 13.7. The Labute approximate surface area is 142 Å². The molecule has 5 nitrogen and oxygen atoms in total. The molecule has 0 spiro atoms. The van der Waals surface area contributed by atoms with Crippen molar-refractivity contribution in [2.45, 2.75) is 31.6 Å². The van der Waals surface area contributed by atoms with E-state index >= 15 is 0 Å². The molecule has 0 unspecified atom stereocenters. The van der Waals surface area contributed by atoms with Crippen LogP contribution in [0.2, 0.25) is 0 Å². The average Bonchev–Trinajstić information content (AvgIpc) is 2.88. The summed E-state index contributed by atoms with van der Waals surface area (Å²) in [6.45, 7) is 4.40. The maximum atomic E-state index is 12.4. The first-order valence-electron chi connectivity index (χ1n) is 7.84. The molecular formula is C18H20N2O3S. The Hall–Kier alpha value is -2.18. The highest BCUT2D eigenvalue weighted by Gasteiger charge is 2.21. The zero-order valence-corrected chi connectivity index (χ0v) is 14.5. The first-order valence-corrected chi connectivity index (χ1v) is 9.32. The third kappa shape index (κ3) is 3.49. The molecule has 0 atom stereocenters. The van der Waals surface area contributed by atoms with Crippen molar-refractivity contribution in [3.05, 3.63) is 58.7 Å². The molecule has 0 saturated carbocycles. The second kappa shape index (κ2) is 6.37. The molecule has 126 valence electrons. The predicted octanol–water partition coefficient (Wildman–Crippen LogP) is 2.32.